The fourth-order valence-corrected chi connectivity index (χ4v) is 3.91. The highest BCUT2D eigenvalue weighted by atomic mass is 32.2. The molecule has 0 aliphatic rings. The van der Waals surface area contributed by atoms with Crippen molar-refractivity contribution in [3.8, 4) is 0 Å². The minimum Gasteiger partial charge on any atom is -0.481 e. The van der Waals surface area contributed by atoms with Gasteiger partial charge in [-0.3, -0.25) is 4.79 Å². The first kappa shape index (κ1) is 16.7. The van der Waals surface area contributed by atoms with Crippen LogP contribution in [0.4, 0.5) is 0 Å². The van der Waals surface area contributed by atoms with Crippen molar-refractivity contribution in [3.63, 3.8) is 0 Å². The lowest BCUT2D eigenvalue weighted by Gasteiger charge is -2.25. The molecule has 0 fully saturated rings. The van der Waals surface area contributed by atoms with Crippen LogP contribution in [0.25, 0.3) is 0 Å². The second-order valence-corrected chi connectivity index (χ2v) is 7.07. The largest absolute Gasteiger partial charge is 0.481 e. The monoisotopic (exact) mass is 299 g/mol. The fraction of sp³-hybridized carbons (Fsp3) is 0.500. The molecule has 1 rings (SSSR count). The van der Waals surface area contributed by atoms with E-state index in [0.29, 0.717) is 0 Å². The Morgan fingerprint density at radius 1 is 1.20 bits per heavy atom. The molecular weight excluding hydrogens is 278 g/mol. The quantitative estimate of drug-likeness (QED) is 0.873. The van der Waals surface area contributed by atoms with Gasteiger partial charge in [0.15, 0.2) is 0 Å². The van der Waals surface area contributed by atoms with Gasteiger partial charge >= 0.3 is 5.97 Å². The van der Waals surface area contributed by atoms with Crippen molar-refractivity contribution in [2.75, 3.05) is 6.54 Å². The van der Waals surface area contributed by atoms with Gasteiger partial charge in [0.1, 0.15) is 0 Å². The molecule has 0 aliphatic carbocycles. The van der Waals surface area contributed by atoms with E-state index in [2.05, 4.69) is 0 Å². The average Bonchev–Trinajstić information content (AvgIpc) is 2.26. The molecule has 5 nitrogen and oxygen atoms in total. The van der Waals surface area contributed by atoms with Gasteiger partial charge in [0, 0.05) is 12.6 Å². The zero-order chi connectivity index (χ0) is 15.5. The maximum atomic E-state index is 12.6. The predicted octanol–water partition coefficient (Wildman–Crippen LogP) is 2.18. The summed E-state index contributed by atoms with van der Waals surface area (Å²) in [5.74, 6) is -1.01. The number of sulfonamides is 1. The Kier molecular flexibility index (Phi) is 5.30. The SMILES string of the molecule is Cc1cc(C)cc(S(=O)(=O)N(CCC(=O)O)C(C)C)c1. The standard InChI is InChI=1S/C14H21NO4S/c1-10(2)15(6-5-14(16)17)20(18,19)13-8-11(3)7-12(4)9-13/h7-10H,5-6H2,1-4H3,(H,16,17). The summed E-state index contributed by atoms with van der Waals surface area (Å²) in [6.45, 7) is 7.12. The molecule has 0 atom stereocenters. The first-order chi connectivity index (χ1) is 9.14. The number of hydrogen-bond acceptors (Lipinski definition) is 3. The summed E-state index contributed by atoms with van der Waals surface area (Å²) in [5, 5.41) is 8.75. The molecule has 1 N–H and O–H groups in total. The molecule has 6 heteroatoms. The number of hydrogen-bond donors (Lipinski definition) is 1. The smallest absolute Gasteiger partial charge is 0.304 e. The molecule has 0 unspecified atom stereocenters. The first-order valence-corrected chi connectivity index (χ1v) is 7.90. The molecule has 1 aromatic rings. The molecule has 112 valence electrons. The van der Waals surface area contributed by atoms with Crippen molar-refractivity contribution in [1.29, 1.82) is 0 Å². The third-order valence-electron chi connectivity index (χ3n) is 2.92. The van der Waals surface area contributed by atoms with Gasteiger partial charge in [-0.25, -0.2) is 8.42 Å². The molecule has 0 heterocycles. The highest BCUT2D eigenvalue weighted by molar-refractivity contribution is 7.89. The molecule has 0 saturated heterocycles. The van der Waals surface area contributed by atoms with Gasteiger partial charge in [-0.1, -0.05) is 6.07 Å². The number of carbonyl (C=O) groups is 1. The third-order valence-corrected chi connectivity index (χ3v) is 4.98. The van der Waals surface area contributed by atoms with Crippen LogP contribution in [0.1, 0.15) is 31.4 Å². The lowest BCUT2D eigenvalue weighted by atomic mass is 10.2. The number of nitrogens with zero attached hydrogens (tertiary/aromatic N) is 1. The van der Waals surface area contributed by atoms with Gasteiger partial charge in [0.25, 0.3) is 0 Å². The molecule has 0 aliphatic heterocycles. The van der Waals surface area contributed by atoms with Crippen LogP contribution < -0.4 is 0 Å². The summed E-state index contributed by atoms with van der Waals surface area (Å²) >= 11 is 0. The van der Waals surface area contributed by atoms with Crippen LogP contribution >= 0.6 is 0 Å². The molecule has 0 spiro atoms. The number of carboxylic acids is 1. The molecule has 20 heavy (non-hydrogen) atoms. The fourth-order valence-electron chi connectivity index (χ4n) is 2.08. The topological polar surface area (TPSA) is 74.7 Å². The predicted molar refractivity (Wildman–Crippen MR) is 77.2 cm³/mol. The molecular formula is C14H21NO4S. The first-order valence-electron chi connectivity index (χ1n) is 6.46. The summed E-state index contributed by atoms with van der Waals surface area (Å²) < 4.78 is 26.5. The average molecular weight is 299 g/mol. The van der Waals surface area contributed by atoms with Crippen molar-refractivity contribution >= 4 is 16.0 Å². The van der Waals surface area contributed by atoms with E-state index in [0.717, 1.165) is 11.1 Å². The normalized spacial score (nSPS) is 12.1. The van der Waals surface area contributed by atoms with E-state index < -0.39 is 16.0 Å². The molecule has 0 saturated carbocycles. The Morgan fingerprint density at radius 2 is 1.70 bits per heavy atom. The van der Waals surface area contributed by atoms with Gasteiger partial charge in [-0.15, -0.1) is 0 Å². The van der Waals surface area contributed by atoms with E-state index in [1.54, 1.807) is 26.0 Å². The summed E-state index contributed by atoms with van der Waals surface area (Å²) in [6.07, 6.45) is -0.206. The number of rotatable bonds is 6. The Bertz CT molecular complexity index is 573. The summed E-state index contributed by atoms with van der Waals surface area (Å²) in [6, 6.07) is 4.83. The molecule has 0 aromatic heterocycles. The number of aliphatic carboxylic acids is 1. The minimum atomic E-state index is -3.67. The van der Waals surface area contributed by atoms with E-state index >= 15 is 0 Å². The zero-order valence-electron chi connectivity index (χ0n) is 12.3. The lowest BCUT2D eigenvalue weighted by Crippen LogP contribution is -2.38. The van der Waals surface area contributed by atoms with Crippen LogP contribution in [0.15, 0.2) is 23.1 Å². The summed E-state index contributed by atoms with van der Waals surface area (Å²) in [4.78, 5) is 10.9. The highest BCUT2D eigenvalue weighted by Gasteiger charge is 2.27. The van der Waals surface area contributed by atoms with Crippen LogP contribution in [0.3, 0.4) is 0 Å². The van der Waals surface area contributed by atoms with Crippen LogP contribution in [-0.4, -0.2) is 36.4 Å². The molecule has 0 amide bonds. The molecule has 0 radical (unpaired) electrons. The van der Waals surface area contributed by atoms with Crippen molar-refractivity contribution in [3.05, 3.63) is 29.3 Å². The van der Waals surface area contributed by atoms with Crippen LogP contribution in [-0.2, 0) is 14.8 Å². The van der Waals surface area contributed by atoms with E-state index in [1.807, 2.05) is 19.9 Å². The van der Waals surface area contributed by atoms with Crippen molar-refractivity contribution in [2.24, 2.45) is 0 Å². The number of carboxylic acid groups (broad SMARTS) is 1. The Labute approximate surface area is 120 Å². The zero-order valence-corrected chi connectivity index (χ0v) is 13.1. The number of aryl methyl sites for hydroxylation is 2. The Balaban J connectivity index is 3.18. The molecule has 0 bridgehead atoms. The van der Waals surface area contributed by atoms with Crippen LogP contribution in [0.5, 0.6) is 0 Å². The highest BCUT2D eigenvalue weighted by Crippen LogP contribution is 2.21. The van der Waals surface area contributed by atoms with Gasteiger partial charge in [-0.05, 0) is 51.0 Å². The van der Waals surface area contributed by atoms with Gasteiger partial charge in [0.05, 0.1) is 11.3 Å². The van der Waals surface area contributed by atoms with Gasteiger partial charge in [0.2, 0.25) is 10.0 Å². The Hall–Kier alpha value is -1.40. The van der Waals surface area contributed by atoms with Crippen LogP contribution in [0.2, 0.25) is 0 Å². The molecule has 1 aromatic carbocycles. The van der Waals surface area contributed by atoms with Crippen molar-refractivity contribution in [2.45, 2.75) is 45.1 Å². The van der Waals surface area contributed by atoms with Crippen molar-refractivity contribution < 1.29 is 18.3 Å². The van der Waals surface area contributed by atoms with Gasteiger partial charge < -0.3 is 5.11 Å². The maximum absolute atomic E-state index is 12.6. The summed E-state index contributed by atoms with van der Waals surface area (Å²) in [5.41, 5.74) is 1.73. The van der Waals surface area contributed by atoms with Crippen LogP contribution in [0, 0.1) is 13.8 Å². The maximum Gasteiger partial charge on any atom is 0.304 e. The Morgan fingerprint density at radius 3 is 2.10 bits per heavy atom. The van der Waals surface area contributed by atoms with E-state index in [4.69, 9.17) is 5.11 Å². The second kappa shape index (κ2) is 6.37. The van der Waals surface area contributed by atoms with Crippen molar-refractivity contribution in [1.82, 2.24) is 4.31 Å². The third kappa shape index (κ3) is 4.05. The van der Waals surface area contributed by atoms with E-state index in [-0.39, 0.29) is 23.9 Å². The second-order valence-electron chi connectivity index (χ2n) is 5.18. The van der Waals surface area contributed by atoms with Gasteiger partial charge in [-0.2, -0.15) is 4.31 Å². The lowest BCUT2D eigenvalue weighted by molar-refractivity contribution is -0.137. The van der Waals surface area contributed by atoms with E-state index in [9.17, 15) is 13.2 Å². The number of benzene rings is 1. The van der Waals surface area contributed by atoms with E-state index in [1.165, 1.54) is 4.31 Å². The summed E-state index contributed by atoms with van der Waals surface area (Å²) in [7, 11) is -3.67. The minimum absolute atomic E-state index is 0.0255.